The third-order valence-corrected chi connectivity index (χ3v) is 3.04. The van der Waals surface area contributed by atoms with Crippen LogP contribution in [0.5, 0.6) is 0 Å². The van der Waals surface area contributed by atoms with E-state index >= 15 is 0 Å². The van der Waals surface area contributed by atoms with Crippen LogP contribution < -0.4 is 0 Å². The summed E-state index contributed by atoms with van der Waals surface area (Å²) in [7, 11) is -1.41. The number of carbonyl (C=O) groups excluding carboxylic acids is 1. The summed E-state index contributed by atoms with van der Waals surface area (Å²) in [4.78, 5) is 10.2. The maximum Gasteiger partial charge on any atom is 0.123 e. The Hall–Kier alpha value is -0.593. The molecule has 0 rings (SSSR count). The Morgan fingerprint density at radius 3 is 2.00 bits per heavy atom. The van der Waals surface area contributed by atoms with Gasteiger partial charge in [0.2, 0.25) is 0 Å². The first kappa shape index (κ1) is 8.41. The lowest BCUT2D eigenvalue weighted by molar-refractivity contribution is 0.568. The molecule has 0 spiro atoms. The summed E-state index contributed by atoms with van der Waals surface area (Å²) >= 11 is 0. The summed E-state index contributed by atoms with van der Waals surface area (Å²) < 4.78 is 0. The highest BCUT2D eigenvalue weighted by Crippen LogP contribution is 2.10. The molecule has 9 heavy (non-hydrogen) atoms. The standard InChI is InChI=1S/C7H12OSi/c1-5-7(6-8)9(2,3)4/h5H,1H2,2-4H3. The largest absolute Gasteiger partial charge is 0.234 e. The van der Waals surface area contributed by atoms with Crippen LogP contribution >= 0.6 is 0 Å². The van der Waals surface area contributed by atoms with Gasteiger partial charge in [0.15, 0.2) is 0 Å². The van der Waals surface area contributed by atoms with Crippen LogP contribution in [0, 0.1) is 0 Å². The minimum Gasteiger partial charge on any atom is -0.234 e. The summed E-state index contributed by atoms with van der Waals surface area (Å²) in [6, 6.07) is 0. The Morgan fingerprint density at radius 2 is 2.00 bits per heavy atom. The van der Waals surface area contributed by atoms with E-state index in [1.807, 2.05) is 5.94 Å². The smallest absolute Gasteiger partial charge is 0.123 e. The molecule has 0 aliphatic rings. The quantitative estimate of drug-likeness (QED) is 0.325. The van der Waals surface area contributed by atoms with Gasteiger partial charge in [-0.2, -0.15) is 0 Å². The minimum absolute atomic E-state index is 0.766. The maximum atomic E-state index is 10.2. The van der Waals surface area contributed by atoms with Crippen LogP contribution in [-0.2, 0) is 4.79 Å². The van der Waals surface area contributed by atoms with Crippen molar-refractivity contribution in [2.45, 2.75) is 19.6 Å². The topological polar surface area (TPSA) is 17.1 Å². The first-order valence-corrected chi connectivity index (χ1v) is 6.40. The average molecular weight is 140 g/mol. The van der Waals surface area contributed by atoms with Crippen molar-refractivity contribution in [3.05, 3.63) is 17.9 Å². The number of rotatable bonds is 2. The van der Waals surface area contributed by atoms with E-state index in [1.165, 1.54) is 0 Å². The molecule has 0 amide bonds. The Labute approximate surface area is 57.1 Å². The fraction of sp³-hybridized carbons (Fsp3) is 0.429. The average Bonchev–Trinajstić information content (AvgIpc) is 1.65. The van der Waals surface area contributed by atoms with Crippen LogP contribution in [0.2, 0.25) is 19.6 Å². The molecule has 0 radical (unpaired) electrons. The van der Waals surface area contributed by atoms with Crippen molar-refractivity contribution in [3.8, 4) is 0 Å². The maximum absolute atomic E-state index is 10.2. The molecule has 0 atom stereocenters. The van der Waals surface area contributed by atoms with Crippen molar-refractivity contribution in [1.29, 1.82) is 0 Å². The van der Waals surface area contributed by atoms with Gasteiger partial charge < -0.3 is 0 Å². The van der Waals surface area contributed by atoms with Crippen molar-refractivity contribution in [2.24, 2.45) is 0 Å². The van der Waals surface area contributed by atoms with Crippen molar-refractivity contribution in [3.63, 3.8) is 0 Å². The second-order valence-corrected chi connectivity index (χ2v) is 8.01. The second kappa shape index (κ2) is 2.81. The lowest BCUT2D eigenvalue weighted by Crippen LogP contribution is -2.22. The Morgan fingerprint density at radius 1 is 1.56 bits per heavy atom. The first-order valence-electron chi connectivity index (χ1n) is 2.90. The third kappa shape index (κ3) is 2.45. The molecule has 0 heterocycles. The predicted molar refractivity (Wildman–Crippen MR) is 42.7 cm³/mol. The molecule has 0 aromatic rings. The first-order chi connectivity index (χ1) is 4.02. The van der Waals surface area contributed by atoms with E-state index in [4.69, 9.17) is 0 Å². The molecular weight excluding hydrogens is 128 g/mol. The molecule has 0 fully saturated rings. The second-order valence-electron chi connectivity index (χ2n) is 2.97. The molecule has 1 nitrogen and oxygen atoms in total. The molecule has 0 saturated heterocycles. The van der Waals surface area contributed by atoms with Crippen LogP contribution in [0.15, 0.2) is 17.9 Å². The highest BCUT2D eigenvalue weighted by atomic mass is 28.3. The third-order valence-electron chi connectivity index (χ3n) is 1.12. The van der Waals surface area contributed by atoms with Gasteiger partial charge in [0, 0.05) is 5.20 Å². The molecule has 2 heteroatoms. The molecule has 0 aliphatic carbocycles. The summed E-state index contributed by atoms with van der Waals surface area (Å²) in [5.41, 5.74) is 0. The van der Waals surface area contributed by atoms with Gasteiger partial charge in [0.1, 0.15) is 5.94 Å². The molecule has 0 aliphatic heterocycles. The molecular formula is C7H12OSi. The van der Waals surface area contributed by atoms with Crippen LogP contribution in [0.25, 0.3) is 0 Å². The molecule has 0 aromatic heterocycles. The zero-order valence-electron chi connectivity index (χ0n) is 6.19. The molecule has 0 saturated carbocycles. The van der Waals surface area contributed by atoms with Gasteiger partial charge in [-0.1, -0.05) is 32.3 Å². The van der Waals surface area contributed by atoms with E-state index in [-0.39, 0.29) is 0 Å². The number of hydrogen-bond donors (Lipinski definition) is 0. The number of allylic oxidation sites excluding steroid dienone is 2. The SMILES string of the molecule is C=CC(=C=O)[Si](C)(C)C. The fourth-order valence-electron chi connectivity index (χ4n) is 0.501. The van der Waals surface area contributed by atoms with Gasteiger partial charge in [-0.15, -0.1) is 0 Å². The van der Waals surface area contributed by atoms with Crippen LogP contribution in [0.1, 0.15) is 0 Å². The lowest BCUT2D eigenvalue weighted by atomic mass is 10.6. The zero-order valence-corrected chi connectivity index (χ0v) is 7.19. The highest BCUT2D eigenvalue weighted by Gasteiger charge is 2.17. The van der Waals surface area contributed by atoms with E-state index in [2.05, 4.69) is 26.2 Å². The normalized spacial score (nSPS) is 10.1. The van der Waals surface area contributed by atoms with E-state index in [0.717, 1.165) is 5.20 Å². The van der Waals surface area contributed by atoms with Crippen molar-refractivity contribution < 1.29 is 4.79 Å². The van der Waals surface area contributed by atoms with E-state index in [0.29, 0.717) is 0 Å². The zero-order chi connectivity index (χ0) is 7.49. The lowest BCUT2D eigenvalue weighted by Gasteiger charge is -2.12. The summed E-state index contributed by atoms with van der Waals surface area (Å²) in [5.74, 6) is 1.90. The summed E-state index contributed by atoms with van der Waals surface area (Å²) in [5, 5.41) is 0.766. The van der Waals surface area contributed by atoms with Crippen molar-refractivity contribution in [2.75, 3.05) is 0 Å². The molecule has 0 bridgehead atoms. The van der Waals surface area contributed by atoms with Gasteiger partial charge in [-0.05, 0) is 0 Å². The van der Waals surface area contributed by atoms with Gasteiger partial charge in [0.05, 0.1) is 8.07 Å². The molecule has 0 N–H and O–H groups in total. The van der Waals surface area contributed by atoms with E-state index in [1.54, 1.807) is 6.08 Å². The van der Waals surface area contributed by atoms with E-state index < -0.39 is 8.07 Å². The summed E-state index contributed by atoms with van der Waals surface area (Å²) in [6.07, 6.45) is 1.61. The minimum atomic E-state index is -1.41. The van der Waals surface area contributed by atoms with Gasteiger partial charge >= 0.3 is 0 Å². The van der Waals surface area contributed by atoms with Crippen LogP contribution in [0.4, 0.5) is 0 Å². The number of hydrogen-bond acceptors (Lipinski definition) is 1. The fourth-order valence-corrected chi connectivity index (χ4v) is 1.42. The van der Waals surface area contributed by atoms with Crippen LogP contribution in [0.3, 0.4) is 0 Å². The Kier molecular flexibility index (Phi) is 2.62. The van der Waals surface area contributed by atoms with Crippen molar-refractivity contribution >= 4 is 14.0 Å². The highest BCUT2D eigenvalue weighted by molar-refractivity contribution is 6.84. The Bertz CT molecular complexity index is 158. The van der Waals surface area contributed by atoms with Crippen molar-refractivity contribution in [1.82, 2.24) is 0 Å². The predicted octanol–water partition coefficient (Wildman–Crippen LogP) is 1.81. The Balaban J connectivity index is 4.53. The van der Waals surface area contributed by atoms with E-state index in [9.17, 15) is 4.79 Å². The molecule has 0 aromatic carbocycles. The van der Waals surface area contributed by atoms with Gasteiger partial charge in [0.25, 0.3) is 0 Å². The monoisotopic (exact) mass is 140 g/mol. The molecule has 50 valence electrons. The summed E-state index contributed by atoms with van der Waals surface area (Å²) in [6.45, 7) is 9.81. The van der Waals surface area contributed by atoms with Gasteiger partial charge in [-0.25, -0.2) is 4.79 Å². The van der Waals surface area contributed by atoms with Gasteiger partial charge in [-0.3, -0.25) is 0 Å². The molecule has 0 unspecified atom stereocenters. The van der Waals surface area contributed by atoms with Crippen LogP contribution in [-0.4, -0.2) is 14.0 Å².